The number of pyridine rings is 1. The van der Waals surface area contributed by atoms with Crippen molar-refractivity contribution in [2.45, 2.75) is 19.9 Å². The maximum atomic E-state index is 11.4. The first kappa shape index (κ1) is 20.9. The molecule has 0 aliphatic carbocycles. The molecule has 32 heavy (non-hydrogen) atoms. The Labute approximate surface area is 185 Å². The fourth-order valence-corrected chi connectivity index (χ4v) is 3.35. The molecule has 0 bridgehead atoms. The van der Waals surface area contributed by atoms with Crippen molar-refractivity contribution in [3.05, 3.63) is 78.9 Å². The standard InChI is InChI=1S/C24H22N6O2/c1-3-23(31)28-21-7-5-17(6-8-21)9-10-32-22-11-18(20-14-26-29(4-2)15-20)16-30-24(22)19(12-25)13-27-30/h3,5-8,11,13-16H,1,4,9-10H2,2H3,(H,28,31). The summed E-state index contributed by atoms with van der Waals surface area (Å²) in [5, 5.41) is 20.8. The van der Waals surface area contributed by atoms with Crippen LogP contribution in [0.15, 0.2) is 67.8 Å². The van der Waals surface area contributed by atoms with Crippen LogP contribution in [0.4, 0.5) is 5.69 Å². The van der Waals surface area contributed by atoms with Gasteiger partial charge in [-0.25, -0.2) is 4.52 Å². The third-order valence-electron chi connectivity index (χ3n) is 5.04. The minimum absolute atomic E-state index is 0.247. The minimum atomic E-state index is -0.247. The molecule has 0 atom stereocenters. The van der Waals surface area contributed by atoms with Gasteiger partial charge < -0.3 is 10.1 Å². The van der Waals surface area contributed by atoms with Gasteiger partial charge in [0.1, 0.15) is 22.9 Å². The molecule has 0 spiro atoms. The van der Waals surface area contributed by atoms with Crippen LogP contribution in [0.5, 0.6) is 5.75 Å². The Balaban J connectivity index is 1.54. The fraction of sp³-hybridized carbons (Fsp3) is 0.167. The van der Waals surface area contributed by atoms with Gasteiger partial charge in [-0.3, -0.25) is 9.48 Å². The summed E-state index contributed by atoms with van der Waals surface area (Å²) in [4.78, 5) is 11.4. The van der Waals surface area contributed by atoms with Gasteiger partial charge in [-0.2, -0.15) is 15.5 Å². The monoisotopic (exact) mass is 426 g/mol. The van der Waals surface area contributed by atoms with E-state index in [0.717, 1.165) is 23.2 Å². The molecule has 3 aromatic heterocycles. The number of hydrogen-bond acceptors (Lipinski definition) is 5. The van der Waals surface area contributed by atoms with E-state index in [2.05, 4.69) is 28.2 Å². The van der Waals surface area contributed by atoms with Gasteiger partial charge in [-0.1, -0.05) is 18.7 Å². The van der Waals surface area contributed by atoms with Crippen LogP contribution in [-0.4, -0.2) is 31.9 Å². The minimum Gasteiger partial charge on any atom is -0.491 e. The third-order valence-corrected chi connectivity index (χ3v) is 5.04. The molecule has 0 aliphatic rings. The van der Waals surface area contributed by atoms with Gasteiger partial charge in [0, 0.05) is 42.2 Å². The number of anilines is 1. The van der Waals surface area contributed by atoms with Crippen LogP contribution >= 0.6 is 0 Å². The number of carbonyl (C=O) groups excluding carboxylic acids is 1. The van der Waals surface area contributed by atoms with Crippen LogP contribution in [0.2, 0.25) is 0 Å². The first-order valence-electron chi connectivity index (χ1n) is 10.2. The van der Waals surface area contributed by atoms with Crippen LogP contribution in [0.1, 0.15) is 18.1 Å². The van der Waals surface area contributed by atoms with Gasteiger partial charge in [0.25, 0.3) is 0 Å². The van der Waals surface area contributed by atoms with E-state index in [9.17, 15) is 10.1 Å². The van der Waals surface area contributed by atoms with Gasteiger partial charge in [-0.15, -0.1) is 0 Å². The second-order valence-electron chi connectivity index (χ2n) is 7.13. The van der Waals surface area contributed by atoms with Crippen LogP contribution in [0.25, 0.3) is 16.6 Å². The van der Waals surface area contributed by atoms with Gasteiger partial charge in [0.15, 0.2) is 0 Å². The Morgan fingerprint density at radius 1 is 1.22 bits per heavy atom. The highest BCUT2D eigenvalue weighted by Crippen LogP contribution is 2.30. The number of nitriles is 1. The summed E-state index contributed by atoms with van der Waals surface area (Å²) in [6.07, 6.45) is 9.07. The van der Waals surface area contributed by atoms with Gasteiger partial charge in [0.2, 0.25) is 5.91 Å². The molecule has 1 aromatic carbocycles. The van der Waals surface area contributed by atoms with E-state index >= 15 is 0 Å². The smallest absolute Gasteiger partial charge is 0.247 e. The number of fused-ring (bicyclic) bond motifs is 1. The molecule has 3 heterocycles. The van der Waals surface area contributed by atoms with E-state index in [-0.39, 0.29) is 5.91 Å². The highest BCUT2D eigenvalue weighted by atomic mass is 16.5. The molecule has 1 amide bonds. The topological polar surface area (TPSA) is 97.2 Å². The number of nitrogens with zero attached hydrogens (tertiary/aromatic N) is 5. The van der Waals surface area contributed by atoms with E-state index < -0.39 is 0 Å². The number of amides is 1. The van der Waals surface area contributed by atoms with Crippen molar-refractivity contribution in [3.63, 3.8) is 0 Å². The van der Waals surface area contributed by atoms with Gasteiger partial charge in [-0.05, 0) is 36.8 Å². The molecule has 0 unspecified atom stereocenters. The molecule has 0 aliphatic heterocycles. The summed E-state index contributed by atoms with van der Waals surface area (Å²) in [7, 11) is 0. The Bertz CT molecular complexity index is 1310. The second kappa shape index (κ2) is 9.18. The zero-order chi connectivity index (χ0) is 22.5. The molecule has 4 aromatic rings. The van der Waals surface area contributed by atoms with Crippen molar-refractivity contribution in [2.24, 2.45) is 0 Å². The van der Waals surface area contributed by atoms with Crippen LogP contribution < -0.4 is 10.1 Å². The van der Waals surface area contributed by atoms with Crippen LogP contribution in [0, 0.1) is 11.3 Å². The summed E-state index contributed by atoms with van der Waals surface area (Å²) in [5.41, 5.74) is 4.72. The number of nitrogens with one attached hydrogen (secondary N) is 1. The number of ether oxygens (including phenoxy) is 1. The van der Waals surface area contributed by atoms with Crippen molar-refractivity contribution in [2.75, 3.05) is 11.9 Å². The number of aromatic nitrogens is 4. The number of aryl methyl sites for hydroxylation is 1. The number of rotatable bonds is 8. The predicted molar refractivity (Wildman–Crippen MR) is 121 cm³/mol. The van der Waals surface area contributed by atoms with E-state index in [1.807, 2.05) is 54.3 Å². The molecule has 160 valence electrons. The maximum Gasteiger partial charge on any atom is 0.247 e. The Morgan fingerprint density at radius 3 is 2.72 bits per heavy atom. The predicted octanol–water partition coefficient (Wildman–Crippen LogP) is 3.84. The van der Waals surface area contributed by atoms with Gasteiger partial charge in [0.05, 0.1) is 19.0 Å². The Kier molecular flexibility index (Phi) is 5.99. The lowest BCUT2D eigenvalue weighted by molar-refractivity contribution is -0.111. The van der Waals surface area contributed by atoms with Gasteiger partial charge >= 0.3 is 0 Å². The summed E-state index contributed by atoms with van der Waals surface area (Å²) in [6.45, 7) is 6.67. The molecule has 8 nitrogen and oxygen atoms in total. The molecular formula is C24H22N6O2. The van der Waals surface area contributed by atoms with E-state index in [4.69, 9.17) is 4.74 Å². The molecule has 0 fully saturated rings. The van der Waals surface area contributed by atoms with Crippen molar-refractivity contribution in [1.29, 1.82) is 5.26 Å². The molecule has 4 rings (SSSR count). The van der Waals surface area contributed by atoms with Crippen LogP contribution in [0.3, 0.4) is 0 Å². The highest BCUT2D eigenvalue weighted by Gasteiger charge is 2.14. The largest absolute Gasteiger partial charge is 0.491 e. The summed E-state index contributed by atoms with van der Waals surface area (Å²) in [5.74, 6) is 0.347. The van der Waals surface area contributed by atoms with Crippen molar-refractivity contribution in [1.82, 2.24) is 19.4 Å². The first-order chi connectivity index (χ1) is 15.6. The zero-order valence-electron chi connectivity index (χ0n) is 17.7. The average molecular weight is 426 g/mol. The molecule has 1 N–H and O–H groups in total. The van der Waals surface area contributed by atoms with Crippen LogP contribution in [-0.2, 0) is 17.8 Å². The van der Waals surface area contributed by atoms with Crippen molar-refractivity contribution < 1.29 is 9.53 Å². The van der Waals surface area contributed by atoms with E-state index in [0.29, 0.717) is 35.5 Å². The van der Waals surface area contributed by atoms with E-state index in [1.165, 1.54) is 12.3 Å². The van der Waals surface area contributed by atoms with E-state index in [1.54, 1.807) is 10.7 Å². The molecule has 0 saturated heterocycles. The Hall–Kier alpha value is -4.38. The fourth-order valence-electron chi connectivity index (χ4n) is 3.35. The highest BCUT2D eigenvalue weighted by molar-refractivity contribution is 5.98. The number of carbonyl (C=O) groups is 1. The lowest BCUT2D eigenvalue weighted by atomic mass is 10.1. The Morgan fingerprint density at radius 2 is 2.03 bits per heavy atom. The quantitative estimate of drug-likeness (QED) is 0.432. The normalized spacial score (nSPS) is 10.6. The maximum absolute atomic E-state index is 11.4. The molecule has 0 saturated carbocycles. The number of hydrogen-bond donors (Lipinski definition) is 1. The SMILES string of the molecule is C=CC(=O)Nc1ccc(CCOc2cc(-c3cnn(CC)c3)cn3ncc(C#N)c23)cc1. The van der Waals surface area contributed by atoms with Crippen molar-refractivity contribution >= 4 is 17.1 Å². The van der Waals surface area contributed by atoms with Crippen molar-refractivity contribution in [3.8, 4) is 22.9 Å². The zero-order valence-corrected chi connectivity index (χ0v) is 17.7. The second-order valence-corrected chi connectivity index (χ2v) is 7.13. The summed E-state index contributed by atoms with van der Waals surface area (Å²) in [6, 6.07) is 11.6. The summed E-state index contributed by atoms with van der Waals surface area (Å²) < 4.78 is 9.63. The summed E-state index contributed by atoms with van der Waals surface area (Å²) >= 11 is 0. The molecule has 8 heteroatoms. The average Bonchev–Trinajstić information content (AvgIpc) is 3.47. The molecular weight excluding hydrogens is 404 g/mol. The number of benzene rings is 1. The third kappa shape index (κ3) is 4.37. The lowest BCUT2D eigenvalue weighted by Crippen LogP contribution is -2.07. The molecule has 0 radical (unpaired) electrons. The first-order valence-corrected chi connectivity index (χ1v) is 10.2. The lowest BCUT2D eigenvalue weighted by Gasteiger charge is -2.11.